The highest BCUT2D eigenvalue weighted by Gasteiger charge is 2.27. The van der Waals surface area contributed by atoms with Crippen LogP contribution in [0, 0.1) is 11.3 Å². The van der Waals surface area contributed by atoms with E-state index in [4.69, 9.17) is 11.1 Å². The van der Waals surface area contributed by atoms with E-state index in [9.17, 15) is 4.79 Å². The van der Waals surface area contributed by atoms with Gasteiger partial charge in [-0.2, -0.15) is 0 Å². The maximum Gasteiger partial charge on any atom is 0.315 e. The number of nitrogens with one attached hydrogen (secondary N) is 3. The van der Waals surface area contributed by atoms with Crippen LogP contribution in [0.25, 0.3) is 0 Å². The Balaban J connectivity index is 2.47. The Morgan fingerprint density at radius 3 is 2.59 bits per heavy atom. The molecule has 0 spiro atoms. The molecular weight excluding hydrogens is 216 g/mol. The van der Waals surface area contributed by atoms with Crippen molar-refractivity contribution < 1.29 is 4.79 Å². The van der Waals surface area contributed by atoms with Gasteiger partial charge in [-0.25, -0.2) is 4.79 Å². The molecule has 0 saturated heterocycles. The van der Waals surface area contributed by atoms with Gasteiger partial charge in [-0.3, -0.25) is 5.41 Å². The van der Waals surface area contributed by atoms with Crippen molar-refractivity contribution in [3.63, 3.8) is 0 Å². The van der Waals surface area contributed by atoms with Crippen molar-refractivity contribution in [3.05, 3.63) is 0 Å². The minimum absolute atomic E-state index is 0.0727. The number of carbonyl (C=O) groups is 1. The van der Waals surface area contributed by atoms with Gasteiger partial charge < -0.3 is 16.4 Å². The van der Waals surface area contributed by atoms with Crippen LogP contribution in [0.2, 0.25) is 0 Å². The van der Waals surface area contributed by atoms with Gasteiger partial charge in [-0.15, -0.1) is 0 Å². The number of amides is 2. The van der Waals surface area contributed by atoms with E-state index in [1.165, 1.54) is 19.3 Å². The molecule has 0 aromatic carbocycles. The lowest BCUT2D eigenvalue weighted by atomic mass is 9.83. The van der Waals surface area contributed by atoms with Crippen LogP contribution in [0.15, 0.2) is 0 Å². The fourth-order valence-electron chi connectivity index (χ4n) is 2.35. The van der Waals surface area contributed by atoms with Crippen molar-refractivity contribution in [1.82, 2.24) is 10.6 Å². The highest BCUT2D eigenvalue weighted by atomic mass is 16.2. The van der Waals surface area contributed by atoms with Crippen molar-refractivity contribution in [2.75, 3.05) is 6.54 Å². The third-order valence-electron chi connectivity index (χ3n) is 3.28. The Hall–Kier alpha value is -1.26. The fourth-order valence-corrected chi connectivity index (χ4v) is 2.35. The summed E-state index contributed by atoms with van der Waals surface area (Å²) in [6.07, 6.45) is 6.61. The molecule has 1 fully saturated rings. The van der Waals surface area contributed by atoms with Crippen LogP contribution in [0.5, 0.6) is 0 Å². The second-order valence-electron chi connectivity index (χ2n) is 4.73. The lowest BCUT2D eigenvalue weighted by Gasteiger charge is -2.30. The van der Waals surface area contributed by atoms with E-state index in [1.807, 2.05) is 6.92 Å². The van der Waals surface area contributed by atoms with Crippen molar-refractivity contribution in [3.8, 4) is 0 Å². The second kappa shape index (κ2) is 7.14. The molecule has 0 aromatic rings. The molecule has 0 bridgehead atoms. The highest BCUT2D eigenvalue weighted by Crippen LogP contribution is 2.26. The first-order valence-corrected chi connectivity index (χ1v) is 6.53. The van der Waals surface area contributed by atoms with Gasteiger partial charge in [-0.1, -0.05) is 26.2 Å². The molecule has 1 saturated carbocycles. The van der Waals surface area contributed by atoms with Crippen LogP contribution in [0.3, 0.4) is 0 Å². The first kappa shape index (κ1) is 13.8. The fraction of sp³-hybridized carbons (Fsp3) is 0.833. The minimum Gasteiger partial charge on any atom is -0.386 e. The molecule has 0 heterocycles. The molecule has 1 aliphatic carbocycles. The molecule has 1 aliphatic rings. The maximum atomic E-state index is 11.6. The lowest BCUT2D eigenvalue weighted by molar-refractivity contribution is 0.231. The molecule has 5 nitrogen and oxygen atoms in total. The summed E-state index contributed by atoms with van der Waals surface area (Å²) in [5, 5.41) is 13.2. The quantitative estimate of drug-likeness (QED) is 0.434. The van der Waals surface area contributed by atoms with E-state index in [2.05, 4.69) is 10.6 Å². The van der Waals surface area contributed by atoms with Crippen LogP contribution in [-0.4, -0.2) is 24.5 Å². The van der Waals surface area contributed by atoms with E-state index >= 15 is 0 Å². The summed E-state index contributed by atoms with van der Waals surface area (Å²) < 4.78 is 0. The Kier molecular flexibility index (Phi) is 5.80. The molecular formula is C12H24N4O. The molecule has 1 rings (SSSR count). The van der Waals surface area contributed by atoms with Gasteiger partial charge in [0.25, 0.3) is 0 Å². The summed E-state index contributed by atoms with van der Waals surface area (Å²) in [6, 6.07) is -0.509. The van der Waals surface area contributed by atoms with Crippen molar-refractivity contribution in [2.24, 2.45) is 11.7 Å². The van der Waals surface area contributed by atoms with E-state index in [1.54, 1.807) is 0 Å². The average molecular weight is 240 g/mol. The van der Waals surface area contributed by atoms with Crippen LogP contribution >= 0.6 is 0 Å². The van der Waals surface area contributed by atoms with Crippen molar-refractivity contribution in [1.29, 1.82) is 5.41 Å². The zero-order chi connectivity index (χ0) is 12.7. The molecule has 17 heavy (non-hydrogen) atoms. The Morgan fingerprint density at radius 1 is 1.41 bits per heavy atom. The first-order chi connectivity index (χ1) is 8.15. The SMILES string of the molecule is CCCNC(=O)NC(C(=N)N)C1CCCCC1. The smallest absolute Gasteiger partial charge is 0.315 e. The van der Waals surface area contributed by atoms with Crippen molar-refractivity contribution >= 4 is 11.9 Å². The molecule has 0 aliphatic heterocycles. The standard InChI is InChI=1S/C12H24N4O/c1-2-8-15-12(17)16-10(11(13)14)9-6-4-3-5-7-9/h9-10H,2-8H2,1H3,(H3,13,14)(H2,15,16,17). The predicted octanol–water partition coefficient (Wildman–Crippen LogP) is 1.58. The monoisotopic (exact) mass is 240 g/mol. The zero-order valence-electron chi connectivity index (χ0n) is 10.6. The summed E-state index contributed by atoms with van der Waals surface area (Å²) in [4.78, 5) is 11.6. The van der Waals surface area contributed by atoms with E-state index < -0.39 is 0 Å². The van der Waals surface area contributed by atoms with Crippen LogP contribution in [0.1, 0.15) is 45.4 Å². The first-order valence-electron chi connectivity index (χ1n) is 6.53. The number of urea groups is 1. The molecule has 1 atom stereocenters. The van der Waals surface area contributed by atoms with Gasteiger partial charge >= 0.3 is 6.03 Å². The van der Waals surface area contributed by atoms with Gasteiger partial charge in [0.05, 0.1) is 6.04 Å². The maximum absolute atomic E-state index is 11.6. The topological polar surface area (TPSA) is 91.0 Å². The Labute approximate surface area is 103 Å². The molecule has 1 unspecified atom stereocenters. The van der Waals surface area contributed by atoms with E-state index in [0.29, 0.717) is 12.5 Å². The van der Waals surface area contributed by atoms with Crippen LogP contribution in [0.4, 0.5) is 4.79 Å². The summed E-state index contributed by atoms with van der Waals surface area (Å²) in [5.74, 6) is 0.400. The van der Waals surface area contributed by atoms with Crippen LogP contribution < -0.4 is 16.4 Å². The average Bonchev–Trinajstić information content (AvgIpc) is 2.34. The molecule has 5 N–H and O–H groups in total. The summed E-state index contributed by atoms with van der Waals surface area (Å²) >= 11 is 0. The second-order valence-corrected chi connectivity index (χ2v) is 4.73. The van der Waals surface area contributed by atoms with Gasteiger partial charge in [0.1, 0.15) is 5.84 Å². The summed E-state index contributed by atoms with van der Waals surface area (Å²) in [5.41, 5.74) is 5.59. The largest absolute Gasteiger partial charge is 0.386 e. The normalized spacial score (nSPS) is 18.4. The third kappa shape index (κ3) is 4.63. The van der Waals surface area contributed by atoms with E-state index in [0.717, 1.165) is 19.3 Å². The van der Waals surface area contributed by atoms with Gasteiger partial charge in [0.15, 0.2) is 0 Å². The zero-order valence-corrected chi connectivity index (χ0v) is 10.6. The predicted molar refractivity (Wildman–Crippen MR) is 69.1 cm³/mol. The Morgan fingerprint density at radius 2 is 2.06 bits per heavy atom. The minimum atomic E-state index is -0.299. The molecule has 2 amide bonds. The Bertz CT molecular complexity index is 261. The van der Waals surface area contributed by atoms with Gasteiger partial charge in [-0.05, 0) is 25.2 Å². The number of carbonyl (C=O) groups excluding carboxylic acids is 1. The highest BCUT2D eigenvalue weighted by molar-refractivity contribution is 5.88. The van der Waals surface area contributed by atoms with Crippen LogP contribution in [-0.2, 0) is 0 Å². The number of rotatable bonds is 5. The van der Waals surface area contributed by atoms with Gasteiger partial charge in [0, 0.05) is 6.54 Å². The lowest BCUT2D eigenvalue weighted by Crippen LogP contribution is -2.52. The van der Waals surface area contributed by atoms with E-state index in [-0.39, 0.29) is 17.9 Å². The van der Waals surface area contributed by atoms with Gasteiger partial charge in [0.2, 0.25) is 0 Å². The molecule has 0 radical (unpaired) electrons. The molecule has 0 aromatic heterocycles. The molecule has 98 valence electrons. The number of nitrogens with two attached hydrogens (primary N) is 1. The van der Waals surface area contributed by atoms with Crippen molar-refractivity contribution in [2.45, 2.75) is 51.5 Å². The summed E-state index contributed by atoms with van der Waals surface area (Å²) in [7, 11) is 0. The number of hydrogen-bond acceptors (Lipinski definition) is 2. The third-order valence-corrected chi connectivity index (χ3v) is 3.28. The summed E-state index contributed by atoms with van der Waals surface area (Å²) in [6.45, 7) is 2.66. The molecule has 5 heteroatoms. The number of amidine groups is 1. The number of hydrogen-bond donors (Lipinski definition) is 4.